The van der Waals surface area contributed by atoms with Gasteiger partial charge in [-0.2, -0.15) is 36.1 Å². The smallest absolute Gasteiger partial charge is 0.416 e. The quantitative estimate of drug-likeness (QED) is 0.333. The van der Waals surface area contributed by atoms with Gasteiger partial charge < -0.3 is 10.1 Å². The van der Waals surface area contributed by atoms with Gasteiger partial charge in [-0.25, -0.2) is 4.79 Å². The second-order valence-electron chi connectivity index (χ2n) is 8.21. The van der Waals surface area contributed by atoms with Crippen LogP contribution in [-0.2, 0) is 12.4 Å². The molecule has 2 aromatic carbocycles. The lowest BCUT2D eigenvalue weighted by Crippen LogP contribution is -2.33. The Labute approximate surface area is 193 Å². The standard InChI is InChI=1S/C23H16F6N4O2/c1-10-19-11(2)32-33(20(19)15-6-4-12(22(24,25)26)7-16(15)30-10)21(34)31-17-9-35-18-8-13(23(27,28)29)3-5-14(17)18/h3-8,17H,9H2,1-2H3,(H,31,34)/t17-/m1/s1. The topological polar surface area (TPSA) is 69.0 Å². The minimum absolute atomic E-state index is 0.0109. The van der Waals surface area contributed by atoms with Crippen LogP contribution in [0.5, 0.6) is 5.75 Å². The molecule has 0 aliphatic carbocycles. The van der Waals surface area contributed by atoms with E-state index in [0.717, 1.165) is 28.9 Å². The molecule has 2 aromatic heterocycles. The van der Waals surface area contributed by atoms with Crippen LogP contribution < -0.4 is 10.1 Å². The Kier molecular flexibility index (Phi) is 4.97. The third kappa shape index (κ3) is 3.82. The summed E-state index contributed by atoms with van der Waals surface area (Å²) in [5, 5.41) is 7.78. The Morgan fingerprint density at radius 2 is 1.66 bits per heavy atom. The molecule has 3 heterocycles. The number of hydrogen-bond donors (Lipinski definition) is 1. The zero-order valence-corrected chi connectivity index (χ0v) is 18.2. The van der Waals surface area contributed by atoms with Crippen molar-refractivity contribution in [1.82, 2.24) is 20.1 Å². The number of amides is 1. The van der Waals surface area contributed by atoms with E-state index in [0.29, 0.717) is 27.7 Å². The van der Waals surface area contributed by atoms with Crippen LogP contribution in [0.2, 0.25) is 0 Å². The first kappa shape index (κ1) is 22.9. The fourth-order valence-electron chi connectivity index (χ4n) is 4.31. The number of benzene rings is 2. The number of carbonyl (C=O) groups excluding carboxylic acids is 1. The lowest BCUT2D eigenvalue weighted by Gasteiger charge is -2.14. The number of hydrogen-bond acceptors (Lipinski definition) is 4. The second-order valence-corrected chi connectivity index (χ2v) is 8.21. The van der Waals surface area contributed by atoms with Gasteiger partial charge in [0.1, 0.15) is 12.4 Å². The molecule has 0 saturated heterocycles. The van der Waals surface area contributed by atoms with Crippen LogP contribution >= 0.6 is 0 Å². The first-order chi connectivity index (χ1) is 16.3. The fourth-order valence-corrected chi connectivity index (χ4v) is 4.31. The van der Waals surface area contributed by atoms with E-state index in [2.05, 4.69) is 15.4 Å². The number of pyridine rings is 1. The number of nitrogens with zero attached hydrogens (tertiary/aromatic N) is 3. The van der Waals surface area contributed by atoms with E-state index in [4.69, 9.17) is 4.74 Å². The highest BCUT2D eigenvalue weighted by Gasteiger charge is 2.35. The third-order valence-corrected chi connectivity index (χ3v) is 5.90. The van der Waals surface area contributed by atoms with E-state index >= 15 is 0 Å². The number of rotatable bonds is 1. The van der Waals surface area contributed by atoms with E-state index in [-0.39, 0.29) is 23.4 Å². The van der Waals surface area contributed by atoms with Crippen molar-refractivity contribution in [1.29, 1.82) is 0 Å². The maximum Gasteiger partial charge on any atom is 0.416 e. The lowest BCUT2D eigenvalue weighted by molar-refractivity contribution is -0.138. The predicted octanol–water partition coefficient (Wildman–Crippen LogP) is 5.93. The number of aryl methyl sites for hydroxylation is 2. The molecule has 0 bridgehead atoms. The molecule has 0 spiro atoms. The maximum absolute atomic E-state index is 13.2. The zero-order valence-electron chi connectivity index (χ0n) is 18.2. The van der Waals surface area contributed by atoms with Gasteiger partial charge in [-0.05, 0) is 38.1 Å². The number of nitrogens with one attached hydrogen (secondary N) is 1. The molecule has 0 unspecified atom stereocenters. The van der Waals surface area contributed by atoms with Crippen molar-refractivity contribution in [3.63, 3.8) is 0 Å². The minimum Gasteiger partial charge on any atom is -0.491 e. The Morgan fingerprint density at radius 3 is 2.34 bits per heavy atom. The van der Waals surface area contributed by atoms with Gasteiger partial charge in [-0.15, -0.1) is 0 Å². The summed E-state index contributed by atoms with van der Waals surface area (Å²) in [5.41, 5.74) is -0.198. The molecule has 182 valence electrons. The molecule has 0 saturated carbocycles. The van der Waals surface area contributed by atoms with Gasteiger partial charge in [0, 0.05) is 22.0 Å². The monoisotopic (exact) mass is 494 g/mol. The highest BCUT2D eigenvalue weighted by molar-refractivity contribution is 6.09. The minimum atomic E-state index is -4.56. The van der Waals surface area contributed by atoms with Crippen molar-refractivity contribution in [2.24, 2.45) is 0 Å². The Balaban J connectivity index is 1.55. The zero-order chi connectivity index (χ0) is 25.3. The number of ether oxygens (including phenoxy) is 1. The van der Waals surface area contributed by atoms with E-state index in [1.165, 1.54) is 12.1 Å². The molecule has 12 heteroatoms. The van der Waals surface area contributed by atoms with Crippen LogP contribution in [0.4, 0.5) is 31.1 Å². The number of carbonyl (C=O) groups is 1. The molecule has 5 rings (SSSR count). The second kappa shape index (κ2) is 7.59. The van der Waals surface area contributed by atoms with Gasteiger partial charge >= 0.3 is 18.4 Å². The van der Waals surface area contributed by atoms with Crippen LogP contribution in [0, 0.1) is 13.8 Å². The molecule has 1 N–H and O–H groups in total. The van der Waals surface area contributed by atoms with Crippen LogP contribution in [-0.4, -0.2) is 27.4 Å². The summed E-state index contributed by atoms with van der Waals surface area (Å²) in [6.45, 7) is 3.17. The van der Waals surface area contributed by atoms with Gasteiger partial charge in [0.2, 0.25) is 0 Å². The Bertz CT molecular complexity index is 1510. The van der Waals surface area contributed by atoms with E-state index in [1.54, 1.807) is 13.8 Å². The first-order valence-corrected chi connectivity index (χ1v) is 10.4. The number of halogens is 6. The van der Waals surface area contributed by atoms with Crippen molar-refractivity contribution >= 4 is 27.8 Å². The van der Waals surface area contributed by atoms with E-state index in [1.807, 2.05) is 0 Å². The third-order valence-electron chi connectivity index (χ3n) is 5.90. The van der Waals surface area contributed by atoms with Crippen LogP contribution in [0.25, 0.3) is 21.8 Å². The molecule has 6 nitrogen and oxygen atoms in total. The van der Waals surface area contributed by atoms with Gasteiger partial charge in [0.15, 0.2) is 0 Å². The molecule has 1 aliphatic rings. The summed E-state index contributed by atoms with van der Waals surface area (Å²) >= 11 is 0. The van der Waals surface area contributed by atoms with E-state index in [9.17, 15) is 31.1 Å². The summed E-state index contributed by atoms with van der Waals surface area (Å²) in [7, 11) is 0. The molecule has 35 heavy (non-hydrogen) atoms. The first-order valence-electron chi connectivity index (χ1n) is 10.4. The number of fused-ring (bicyclic) bond motifs is 4. The average molecular weight is 494 g/mol. The summed E-state index contributed by atoms with van der Waals surface area (Å²) in [6.07, 6.45) is -9.10. The highest BCUT2D eigenvalue weighted by atomic mass is 19.4. The largest absolute Gasteiger partial charge is 0.491 e. The molecule has 4 aromatic rings. The van der Waals surface area contributed by atoms with Crippen molar-refractivity contribution in [2.45, 2.75) is 32.2 Å². The Morgan fingerprint density at radius 1 is 1.00 bits per heavy atom. The van der Waals surface area contributed by atoms with Crippen molar-refractivity contribution in [3.05, 3.63) is 64.5 Å². The molecular weight excluding hydrogens is 478 g/mol. The average Bonchev–Trinajstić information content (AvgIpc) is 3.33. The fraction of sp³-hybridized carbons (Fsp3) is 0.261. The summed E-state index contributed by atoms with van der Waals surface area (Å²) in [6, 6.07) is 4.61. The Hall–Kier alpha value is -3.83. The summed E-state index contributed by atoms with van der Waals surface area (Å²) in [4.78, 5) is 17.5. The SMILES string of the molecule is Cc1nc2cc(C(F)(F)F)ccc2c2c1c(C)nn2C(=O)N[C@@H]1COc2cc(C(F)(F)F)ccc21. The van der Waals surface area contributed by atoms with Crippen LogP contribution in [0.1, 0.15) is 34.1 Å². The normalized spacial score (nSPS) is 15.9. The maximum atomic E-state index is 13.2. The van der Waals surface area contributed by atoms with Crippen LogP contribution in [0.3, 0.4) is 0 Å². The van der Waals surface area contributed by atoms with Gasteiger partial charge in [-0.3, -0.25) is 4.98 Å². The lowest BCUT2D eigenvalue weighted by atomic mass is 10.1. The molecule has 1 amide bonds. The number of aromatic nitrogens is 3. The van der Waals surface area contributed by atoms with Crippen LogP contribution in [0.15, 0.2) is 36.4 Å². The van der Waals surface area contributed by atoms with Crippen molar-refractivity contribution < 1.29 is 35.9 Å². The van der Waals surface area contributed by atoms with E-state index < -0.39 is 35.6 Å². The molecule has 1 atom stereocenters. The van der Waals surface area contributed by atoms with Gasteiger partial charge in [0.05, 0.1) is 33.9 Å². The predicted molar refractivity (Wildman–Crippen MR) is 113 cm³/mol. The molecular formula is C23H16F6N4O2. The molecule has 0 radical (unpaired) electrons. The molecule has 0 fully saturated rings. The van der Waals surface area contributed by atoms with Gasteiger partial charge in [0.25, 0.3) is 0 Å². The van der Waals surface area contributed by atoms with Crippen molar-refractivity contribution in [2.75, 3.05) is 6.61 Å². The highest BCUT2D eigenvalue weighted by Crippen LogP contribution is 2.39. The van der Waals surface area contributed by atoms with Crippen molar-refractivity contribution in [3.8, 4) is 5.75 Å². The summed E-state index contributed by atoms with van der Waals surface area (Å²) in [5.74, 6) is 0.0109. The summed E-state index contributed by atoms with van der Waals surface area (Å²) < 4.78 is 84.9. The molecule has 1 aliphatic heterocycles. The number of alkyl halides is 6. The van der Waals surface area contributed by atoms with Gasteiger partial charge in [-0.1, -0.05) is 12.1 Å².